The Balaban J connectivity index is 2.08. The summed E-state index contributed by atoms with van der Waals surface area (Å²) in [7, 11) is 0. The van der Waals surface area contributed by atoms with E-state index < -0.39 is 0 Å². The monoisotopic (exact) mass is 310 g/mol. The Bertz CT molecular complexity index is 819. The number of nitrogens with zero attached hydrogens (tertiary/aromatic N) is 1. The fourth-order valence-electron chi connectivity index (χ4n) is 2.74. The maximum absolute atomic E-state index is 10.1. The van der Waals surface area contributed by atoms with Gasteiger partial charge in [0.1, 0.15) is 5.75 Å². The average Bonchev–Trinajstić information content (AvgIpc) is 2.90. The lowest BCUT2D eigenvalue weighted by atomic mass is 9.97. The van der Waals surface area contributed by atoms with Crippen molar-refractivity contribution in [2.45, 2.75) is 26.7 Å². The zero-order chi connectivity index (χ0) is 16.4. The van der Waals surface area contributed by atoms with Crippen LogP contribution in [0.1, 0.15) is 24.6 Å². The van der Waals surface area contributed by atoms with E-state index in [0.29, 0.717) is 11.3 Å². The first-order valence-electron chi connectivity index (χ1n) is 7.70. The summed E-state index contributed by atoms with van der Waals surface area (Å²) in [5.41, 5.74) is 4.51. The summed E-state index contributed by atoms with van der Waals surface area (Å²) in [5.74, 6) is 0.814. The summed E-state index contributed by atoms with van der Waals surface area (Å²) < 4.78 is 5.46. The van der Waals surface area contributed by atoms with Gasteiger partial charge in [0.15, 0.2) is 5.76 Å². The SMILES string of the molecule is CCCc1ccc(-c2c(C)noc2-c2ccc([OH2+])cc2O)cc1. The maximum atomic E-state index is 10.1. The number of benzene rings is 2. The number of aromatic hydroxyl groups is 1. The van der Waals surface area contributed by atoms with E-state index in [1.54, 1.807) is 12.1 Å². The third-order valence-electron chi connectivity index (χ3n) is 3.89. The summed E-state index contributed by atoms with van der Waals surface area (Å²) in [6.45, 7) is 4.05. The van der Waals surface area contributed by atoms with Gasteiger partial charge in [-0.2, -0.15) is 0 Å². The van der Waals surface area contributed by atoms with Crippen molar-refractivity contribution < 1.29 is 14.7 Å². The minimum Gasteiger partial charge on any atom is -0.593 e. The van der Waals surface area contributed by atoms with Crippen molar-refractivity contribution >= 4 is 0 Å². The summed E-state index contributed by atoms with van der Waals surface area (Å²) in [6, 6.07) is 13.1. The molecular formula is C19H20NO3+. The van der Waals surface area contributed by atoms with Gasteiger partial charge in [-0.15, -0.1) is 0 Å². The molecule has 0 bridgehead atoms. The van der Waals surface area contributed by atoms with Crippen molar-refractivity contribution in [3.05, 3.63) is 53.7 Å². The molecule has 2 aromatic carbocycles. The van der Waals surface area contributed by atoms with Gasteiger partial charge in [0.2, 0.25) is 0 Å². The fraction of sp³-hybridized carbons (Fsp3) is 0.211. The van der Waals surface area contributed by atoms with Gasteiger partial charge in [0, 0.05) is 6.07 Å². The van der Waals surface area contributed by atoms with Crippen LogP contribution in [0.2, 0.25) is 0 Å². The summed E-state index contributed by atoms with van der Waals surface area (Å²) >= 11 is 0. The van der Waals surface area contributed by atoms with Crippen molar-refractivity contribution in [3.8, 4) is 33.9 Å². The summed E-state index contributed by atoms with van der Waals surface area (Å²) in [6.07, 6.45) is 2.17. The zero-order valence-electron chi connectivity index (χ0n) is 13.3. The van der Waals surface area contributed by atoms with Crippen molar-refractivity contribution in [1.29, 1.82) is 0 Å². The Morgan fingerprint density at radius 3 is 2.52 bits per heavy atom. The number of aryl methyl sites for hydroxylation is 2. The summed E-state index contributed by atoms with van der Waals surface area (Å²) in [5, 5.41) is 21.8. The molecule has 3 aromatic rings. The van der Waals surface area contributed by atoms with Gasteiger partial charge in [-0.25, -0.2) is 0 Å². The van der Waals surface area contributed by atoms with Gasteiger partial charge in [-0.05, 0) is 30.5 Å². The zero-order valence-corrected chi connectivity index (χ0v) is 13.3. The van der Waals surface area contributed by atoms with Gasteiger partial charge in [-0.1, -0.05) is 42.8 Å². The molecule has 4 nitrogen and oxygen atoms in total. The molecule has 3 rings (SSSR count). The smallest absolute Gasteiger partial charge is 0.257 e. The van der Waals surface area contributed by atoms with Crippen LogP contribution in [0, 0.1) is 6.92 Å². The van der Waals surface area contributed by atoms with Crippen LogP contribution in [0.15, 0.2) is 47.0 Å². The van der Waals surface area contributed by atoms with Gasteiger partial charge in [0.25, 0.3) is 5.75 Å². The van der Waals surface area contributed by atoms with E-state index in [9.17, 15) is 5.11 Å². The second-order valence-corrected chi connectivity index (χ2v) is 5.65. The van der Waals surface area contributed by atoms with E-state index in [4.69, 9.17) is 9.63 Å². The third kappa shape index (κ3) is 2.93. The molecule has 0 fully saturated rings. The lowest BCUT2D eigenvalue weighted by Gasteiger charge is -2.06. The van der Waals surface area contributed by atoms with Crippen LogP contribution >= 0.6 is 0 Å². The standard InChI is InChI=1S/C19H19NO3/c1-3-4-13-5-7-14(8-6-13)18-12(2)20-23-19(18)16-10-9-15(21)11-17(16)22/h5-11,21-22H,3-4H2,1-2H3/p+1. The molecule has 0 amide bonds. The van der Waals surface area contributed by atoms with Crippen LogP contribution in [-0.4, -0.2) is 15.4 Å². The number of aromatic nitrogens is 1. The second kappa shape index (κ2) is 6.16. The lowest BCUT2D eigenvalue weighted by molar-refractivity contribution is 0.420. The molecule has 0 aliphatic heterocycles. The minimum atomic E-state index is 0.0255. The Morgan fingerprint density at radius 2 is 1.87 bits per heavy atom. The average molecular weight is 310 g/mol. The van der Waals surface area contributed by atoms with Crippen LogP contribution in [0.25, 0.3) is 22.5 Å². The Morgan fingerprint density at radius 1 is 1.13 bits per heavy atom. The predicted octanol–water partition coefficient (Wildman–Crippen LogP) is 4.41. The van der Waals surface area contributed by atoms with E-state index in [2.05, 4.69) is 36.3 Å². The number of phenols is 1. The molecule has 0 unspecified atom stereocenters. The highest BCUT2D eigenvalue weighted by atomic mass is 16.5. The van der Waals surface area contributed by atoms with E-state index in [-0.39, 0.29) is 11.5 Å². The number of rotatable bonds is 4. The van der Waals surface area contributed by atoms with Crippen molar-refractivity contribution in [3.63, 3.8) is 0 Å². The second-order valence-electron chi connectivity index (χ2n) is 5.65. The maximum Gasteiger partial charge on any atom is 0.257 e. The molecule has 0 spiro atoms. The minimum absolute atomic E-state index is 0.0255. The molecule has 0 saturated heterocycles. The number of phenolic OH excluding ortho intramolecular Hbond substituents is 1. The summed E-state index contributed by atoms with van der Waals surface area (Å²) in [4.78, 5) is 0. The Labute approximate surface area is 135 Å². The van der Waals surface area contributed by atoms with E-state index in [0.717, 1.165) is 29.7 Å². The number of hydrogen-bond donors (Lipinski definition) is 1. The van der Waals surface area contributed by atoms with Gasteiger partial charge < -0.3 is 14.7 Å². The first kappa shape index (κ1) is 15.2. The highest BCUT2D eigenvalue weighted by Crippen LogP contribution is 2.40. The molecule has 0 aliphatic carbocycles. The van der Waals surface area contributed by atoms with Crippen molar-refractivity contribution in [1.82, 2.24) is 5.16 Å². The van der Waals surface area contributed by atoms with Gasteiger partial charge >= 0.3 is 0 Å². The first-order chi connectivity index (χ1) is 11.1. The molecule has 1 aromatic heterocycles. The van der Waals surface area contributed by atoms with Crippen molar-refractivity contribution in [2.75, 3.05) is 0 Å². The molecule has 3 N–H and O–H groups in total. The lowest BCUT2D eigenvalue weighted by Crippen LogP contribution is -1.86. The van der Waals surface area contributed by atoms with Crippen molar-refractivity contribution in [2.24, 2.45) is 0 Å². The van der Waals surface area contributed by atoms with E-state index >= 15 is 0 Å². The Hall–Kier alpha value is -2.75. The topological polar surface area (TPSA) is 69.2 Å². The van der Waals surface area contributed by atoms with Crippen LogP contribution in [-0.2, 0) is 6.42 Å². The fourth-order valence-corrected chi connectivity index (χ4v) is 2.74. The molecule has 0 radical (unpaired) electrons. The predicted molar refractivity (Wildman–Crippen MR) is 90.8 cm³/mol. The first-order valence-corrected chi connectivity index (χ1v) is 7.70. The third-order valence-corrected chi connectivity index (χ3v) is 3.89. The van der Waals surface area contributed by atoms with E-state index in [1.807, 2.05) is 6.92 Å². The number of hydrogen-bond acceptors (Lipinski definition) is 3. The Kier molecular flexibility index (Phi) is 4.06. The van der Waals surface area contributed by atoms with Crippen LogP contribution in [0.4, 0.5) is 0 Å². The molecule has 4 heteroatoms. The highest BCUT2D eigenvalue weighted by Gasteiger charge is 2.20. The molecule has 0 atom stereocenters. The highest BCUT2D eigenvalue weighted by molar-refractivity contribution is 5.83. The quantitative estimate of drug-likeness (QED) is 0.725. The molecule has 0 aliphatic rings. The molecule has 118 valence electrons. The van der Waals surface area contributed by atoms with Crippen LogP contribution < -0.4 is 0 Å². The van der Waals surface area contributed by atoms with Gasteiger partial charge in [0.05, 0.1) is 22.9 Å². The molecule has 0 saturated carbocycles. The molecule has 23 heavy (non-hydrogen) atoms. The van der Waals surface area contributed by atoms with E-state index in [1.165, 1.54) is 11.6 Å². The van der Waals surface area contributed by atoms with Crippen LogP contribution in [0.5, 0.6) is 11.5 Å². The normalized spacial score (nSPS) is 10.9. The molecule has 1 heterocycles. The molecular weight excluding hydrogens is 290 g/mol. The van der Waals surface area contributed by atoms with Gasteiger partial charge in [-0.3, -0.25) is 0 Å². The van der Waals surface area contributed by atoms with Crippen LogP contribution in [0.3, 0.4) is 0 Å². The largest absolute Gasteiger partial charge is 0.593 e.